The lowest BCUT2D eigenvalue weighted by Gasteiger charge is -2.11. The number of hydrogen-bond donors (Lipinski definition) is 0. The molecule has 1 amide bonds. The highest BCUT2D eigenvalue weighted by Crippen LogP contribution is 2.31. The number of hydrogen-bond acceptors (Lipinski definition) is 4. The first-order valence-electron chi connectivity index (χ1n) is 4.61. The summed E-state index contributed by atoms with van der Waals surface area (Å²) in [6.45, 7) is 0. The fourth-order valence-electron chi connectivity index (χ4n) is 1.03. The third-order valence-corrected chi connectivity index (χ3v) is 2.96. The van der Waals surface area contributed by atoms with Crippen LogP contribution in [0, 0.1) is 0 Å². The quantitative estimate of drug-likeness (QED) is 0.599. The van der Waals surface area contributed by atoms with Crippen LogP contribution < -0.4 is 4.74 Å². The van der Waals surface area contributed by atoms with Crippen molar-refractivity contribution < 1.29 is 14.3 Å². The van der Waals surface area contributed by atoms with Crippen LogP contribution in [0.1, 0.15) is 10.4 Å². The molecule has 0 heterocycles. The van der Waals surface area contributed by atoms with Crippen molar-refractivity contribution in [2.24, 2.45) is 0 Å². The average Bonchev–Trinajstić information content (AvgIpc) is 2.28. The van der Waals surface area contributed by atoms with Crippen molar-refractivity contribution >= 4 is 23.3 Å². The molecule has 0 aromatic heterocycles. The molecule has 5 heteroatoms. The summed E-state index contributed by atoms with van der Waals surface area (Å²) in [5.74, 6) is 0.589. The lowest BCUT2D eigenvalue weighted by Crippen LogP contribution is -2.16. The number of thioether (sulfide) groups is 1. The number of amides is 1. The molecule has 1 aromatic rings. The Morgan fingerprint density at radius 3 is 2.62 bits per heavy atom. The van der Waals surface area contributed by atoms with Gasteiger partial charge in [0.05, 0.1) is 12.0 Å². The first kappa shape index (κ1) is 12.6. The van der Waals surface area contributed by atoms with Crippen LogP contribution in [0.4, 0.5) is 4.79 Å². The van der Waals surface area contributed by atoms with Crippen molar-refractivity contribution in [1.29, 1.82) is 0 Å². The van der Waals surface area contributed by atoms with Crippen LogP contribution in [-0.4, -0.2) is 37.6 Å². The van der Waals surface area contributed by atoms with Crippen LogP contribution in [0.5, 0.6) is 5.75 Å². The highest BCUT2D eigenvalue weighted by atomic mass is 32.2. The highest BCUT2D eigenvalue weighted by molar-refractivity contribution is 8.13. The number of rotatable bonds is 3. The number of carbonyl (C=O) groups is 2. The third-order valence-electron chi connectivity index (χ3n) is 1.89. The molecule has 1 aromatic carbocycles. The van der Waals surface area contributed by atoms with Crippen LogP contribution in [-0.2, 0) is 0 Å². The standard InChI is InChI=1S/C11H13NO3S/c1-12(2)11(14)16-10-6-8(7-13)4-5-9(10)15-3/h4-7H,1-3H3. The Labute approximate surface area is 98.6 Å². The first-order chi connectivity index (χ1) is 7.58. The Hall–Kier alpha value is -1.49. The molecular formula is C11H13NO3S. The van der Waals surface area contributed by atoms with Gasteiger partial charge in [-0.05, 0) is 30.0 Å². The van der Waals surface area contributed by atoms with E-state index in [4.69, 9.17) is 4.74 Å². The molecule has 0 spiro atoms. The molecule has 0 unspecified atom stereocenters. The number of ether oxygens (including phenoxy) is 1. The van der Waals surface area contributed by atoms with Gasteiger partial charge in [0, 0.05) is 19.7 Å². The topological polar surface area (TPSA) is 46.6 Å². The highest BCUT2D eigenvalue weighted by Gasteiger charge is 2.11. The van der Waals surface area contributed by atoms with Gasteiger partial charge in [0.2, 0.25) is 0 Å². The fourth-order valence-corrected chi connectivity index (χ4v) is 1.85. The molecule has 4 nitrogen and oxygen atoms in total. The van der Waals surface area contributed by atoms with Gasteiger partial charge < -0.3 is 9.64 Å². The van der Waals surface area contributed by atoms with Crippen LogP contribution in [0.2, 0.25) is 0 Å². The zero-order chi connectivity index (χ0) is 12.1. The van der Waals surface area contributed by atoms with Gasteiger partial charge in [-0.3, -0.25) is 9.59 Å². The lowest BCUT2D eigenvalue weighted by molar-refractivity contribution is 0.112. The van der Waals surface area contributed by atoms with E-state index in [1.54, 1.807) is 32.3 Å². The average molecular weight is 239 g/mol. The van der Waals surface area contributed by atoms with Gasteiger partial charge in [0.25, 0.3) is 5.24 Å². The first-order valence-corrected chi connectivity index (χ1v) is 5.42. The molecule has 0 fully saturated rings. The fraction of sp³-hybridized carbons (Fsp3) is 0.273. The van der Waals surface area contributed by atoms with E-state index in [0.717, 1.165) is 18.0 Å². The minimum Gasteiger partial charge on any atom is -0.496 e. The number of aldehydes is 1. The zero-order valence-corrected chi connectivity index (χ0v) is 10.2. The Morgan fingerprint density at radius 1 is 1.44 bits per heavy atom. The molecule has 0 aliphatic carbocycles. The number of benzene rings is 1. The maximum Gasteiger partial charge on any atom is 0.286 e. The van der Waals surface area contributed by atoms with Crippen molar-refractivity contribution in [2.45, 2.75) is 4.90 Å². The molecule has 0 aliphatic rings. The minimum absolute atomic E-state index is 0.110. The summed E-state index contributed by atoms with van der Waals surface area (Å²) in [5.41, 5.74) is 0.523. The van der Waals surface area contributed by atoms with E-state index in [1.165, 1.54) is 12.0 Å². The van der Waals surface area contributed by atoms with E-state index >= 15 is 0 Å². The van der Waals surface area contributed by atoms with Gasteiger partial charge in [0.15, 0.2) is 0 Å². The smallest absolute Gasteiger partial charge is 0.286 e. The molecule has 0 atom stereocenters. The van der Waals surface area contributed by atoms with Crippen molar-refractivity contribution in [1.82, 2.24) is 4.90 Å². The van der Waals surface area contributed by atoms with Crippen LogP contribution >= 0.6 is 11.8 Å². The Morgan fingerprint density at radius 2 is 2.12 bits per heavy atom. The number of carbonyl (C=O) groups excluding carboxylic acids is 2. The van der Waals surface area contributed by atoms with Crippen molar-refractivity contribution in [3.63, 3.8) is 0 Å². The molecular weight excluding hydrogens is 226 g/mol. The molecule has 0 N–H and O–H groups in total. The van der Waals surface area contributed by atoms with Gasteiger partial charge in [-0.2, -0.15) is 0 Å². The van der Waals surface area contributed by atoms with Gasteiger partial charge in [-0.15, -0.1) is 0 Å². The van der Waals surface area contributed by atoms with Gasteiger partial charge in [-0.1, -0.05) is 0 Å². The molecule has 86 valence electrons. The minimum atomic E-state index is -0.110. The number of methoxy groups -OCH3 is 1. The Bertz CT molecular complexity index is 404. The van der Waals surface area contributed by atoms with E-state index < -0.39 is 0 Å². The summed E-state index contributed by atoms with van der Waals surface area (Å²) in [5, 5.41) is -0.110. The van der Waals surface area contributed by atoms with Crippen LogP contribution in [0.15, 0.2) is 23.1 Å². The molecule has 16 heavy (non-hydrogen) atoms. The number of nitrogens with zero attached hydrogens (tertiary/aromatic N) is 1. The molecule has 0 radical (unpaired) electrons. The second-order valence-corrected chi connectivity index (χ2v) is 4.28. The largest absolute Gasteiger partial charge is 0.496 e. The molecule has 1 rings (SSSR count). The summed E-state index contributed by atoms with van der Waals surface area (Å²) in [6, 6.07) is 4.96. The van der Waals surface area contributed by atoms with E-state index in [2.05, 4.69) is 0 Å². The summed E-state index contributed by atoms with van der Waals surface area (Å²) >= 11 is 1.04. The molecule has 0 aliphatic heterocycles. The normalized spacial score (nSPS) is 9.69. The molecule has 0 bridgehead atoms. The Kier molecular flexibility index (Phi) is 4.37. The van der Waals surface area contributed by atoms with Crippen LogP contribution in [0.3, 0.4) is 0 Å². The molecule has 0 saturated heterocycles. The monoisotopic (exact) mass is 239 g/mol. The van der Waals surface area contributed by atoms with E-state index in [0.29, 0.717) is 16.2 Å². The zero-order valence-electron chi connectivity index (χ0n) is 9.39. The summed E-state index contributed by atoms with van der Waals surface area (Å²) in [4.78, 5) is 24.3. The summed E-state index contributed by atoms with van der Waals surface area (Å²) in [7, 11) is 4.87. The summed E-state index contributed by atoms with van der Waals surface area (Å²) < 4.78 is 5.12. The van der Waals surface area contributed by atoms with E-state index in [1.807, 2.05) is 0 Å². The van der Waals surface area contributed by atoms with Crippen LogP contribution in [0.25, 0.3) is 0 Å². The second kappa shape index (κ2) is 5.55. The van der Waals surface area contributed by atoms with Gasteiger partial charge >= 0.3 is 0 Å². The lowest BCUT2D eigenvalue weighted by atomic mass is 10.2. The maximum absolute atomic E-state index is 11.5. The predicted octanol–water partition coefficient (Wildman–Crippen LogP) is 2.28. The van der Waals surface area contributed by atoms with E-state index in [-0.39, 0.29) is 5.24 Å². The second-order valence-electron chi connectivity index (χ2n) is 3.29. The molecule has 0 saturated carbocycles. The van der Waals surface area contributed by atoms with Gasteiger partial charge in [0.1, 0.15) is 12.0 Å². The van der Waals surface area contributed by atoms with Crippen molar-refractivity contribution in [3.05, 3.63) is 23.8 Å². The third kappa shape index (κ3) is 3.00. The maximum atomic E-state index is 11.5. The SMILES string of the molecule is COc1ccc(C=O)cc1SC(=O)N(C)C. The predicted molar refractivity (Wildman–Crippen MR) is 63.3 cm³/mol. The summed E-state index contributed by atoms with van der Waals surface area (Å²) in [6.07, 6.45) is 0.740. The van der Waals surface area contributed by atoms with E-state index in [9.17, 15) is 9.59 Å². The van der Waals surface area contributed by atoms with Crippen molar-refractivity contribution in [2.75, 3.05) is 21.2 Å². The van der Waals surface area contributed by atoms with Crippen molar-refractivity contribution in [3.8, 4) is 5.75 Å². The van der Waals surface area contributed by atoms with Gasteiger partial charge in [-0.25, -0.2) is 0 Å². The Balaban J connectivity index is 3.00.